The van der Waals surface area contributed by atoms with E-state index in [2.05, 4.69) is 26.8 Å². The lowest BCUT2D eigenvalue weighted by molar-refractivity contribution is 0.807. The zero-order chi connectivity index (χ0) is 7.11. The lowest BCUT2D eigenvalue weighted by Gasteiger charge is -1.93. The fourth-order valence-electron chi connectivity index (χ4n) is 0.697. The Morgan fingerprint density at radius 2 is 2.00 bits per heavy atom. The van der Waals surface area contributed by atoms with Crippen LogP contribution in [-0.2, 0) is 0 Å². The minimum Gasteiger partial charge on any atom is -0.0856 e. The summed E-state index contributed by atoms with van der Waals surface area (Å²) in [7, 11) is 0. The SMILES string of the molecule is CCCC/C=C(/C)CC. The molecule has 0 bridgehead atoms. The predicted molar refractivity (Wildman–Crippen MR) is 43.6 cm³/mol. The highest BCUT2D eigenvalue weighted by Gasteiger charge is 1.82. The Hall–Kier alpha value is -0.260. The lowest BCUT2D eigenvalue weighted by atomic mass is 10.1. The molecule has 9 heavy (non-hydrogen) atoms. The van der Waals surface area contributed by atoms with Crippen LogP contribution in [0.15, 0.2) is 11.6 Å². The number of unbranched alkanes of at least 4 members (excludes halogenated alkanes) is 2. The van der Waals surface area contributed by atoms with Crippen LogP contribution < -0.4 is 0 Å². The van der Waals surface area contributed by atoms with E-state index in [1.165, 1.54) is 31.3 Å². The normalized spacial score (nSPS) is 12.1. The van der Waals surface area contributed by atoms with Gasteiger partial charge in [0.25, 0.3) is 0 Å². The molecule has 0 spiro atoms. The quantitative estimate of drug-likeness (QED) is 0.399. The summed E-state index contributed by atoms with van der Waals surface area (Å²) in [5.41, 5.74) is 1.53. The second kappa shape index (κ2) is 5.87. The Balaban J connectivity index is 3.21. The summed E-state index contributed by atoms with van der Waals surface area (Å²) < 4.78 is 0. The van der Waals surface area contributed by atoms with E-state index in [-0.39, 0.29) is 0 Å². The van der Waals surface area contributed by atoms with E-state index in [1.807, 2.05) is 0 Å². The van der Waals surface area contributed by atoms with Crippen LogP contribution in [0.1, 0.15) is 46.5 Å². The molecule has 0 unspecified atom stereocenters. The molecule has 0 aromatic carbocycles. The van der Waals surface area contributed by atoms with Crippen molar-refractivity contribution in [3.8, 4) is 0 Å². The molecule has 0 atom stereocenters. The summed E-state index contributed by atoms with van der Waals surface area (Å²) >= 11 is 0. The molecular formula is C9H18. The van der Waals surface area contributed by atoms with Crippen molar-refractivity contribution in [1.29, 1.82) is 0 Å². The first kappa shape index (κ1) is 8.74. The summed E-state index contributed by atoms with van der Waals surface area (Å²) in [6.45, 7) is 6.64. The first-order chi connectivity index (χ1) is 4.31. The number of hydrogen-bond acceptors (Lipinski definition) is 0. The highest BCUT2D eigenvalue weighted by atomic mass is 13.9. The van der Waals surface area contributed by atoms with E-state index in [9.17, 15) is 0 Å². The molecule has 0 saturated heterocycles. The Bertz CT molecular complexity index is 80.0. The molecule has 0 nitrogen and oxygen atoms in total. The molecule has 0 radical (unpaired) electrons. The Morgan fingerprint density at radius 3 is 2.44 bits per heavy atom. The number of hydrogen-bond donors (Lipinski definition) is 0. The van der Waals surface area contributed by atoms with Gasteiger partial charge in [-0.3, -0.25) is 0 Å². The molecule has 0 heteroatoms. The zero-order valence-corrected chi connectivity index (χ0v) is 6.91. The molecule has 0 aliphatic carbocycles. The zero-order valence-electron chi connectivity index (χ0n) is 6.91. The van der Waals surface area contributed by atoms with Crippen LogP contribution in [0, 0.1) is 0 Å². The minimum absolute atomic E-state index is 1.21. The van der Waals surface area contributed by atoms with Crippen molar-refractivity contribution >= 4 is 0 Å². The first-order valence-electron chi connectivity index (χ1n) is 3.96. The Morgan fingerprint density at radius 1 is 1.33 bits per heavy atom. The number of rotatable bonds is 4. The highest BCUT2D eigenvalue weighted by Crippen LogP contribution is 2.02. The standard InChI is InChI=1S/C9H18/c1-4-6-7-8-9(3)5-2/h8H,4-7H2,1-3H3/b9-8-. The van der Waals surface area contributed by atoms with Gasteiger partial charge in [-0.1, -0.05) is 38.3 Å². The molecule has 0 amide bonds. The van der Waals surface area contributed by atoms with Gasteiger partial charge in [-0.2, -0.15) is 0 Å². The van der Waals surface area contributed by atoms with Gasteiger partial charge in [0.1, 0.15) is 0 Å². The van der Waals surface area contributed by atoms with Crippen LogP contribution >= 0.6 is 0 Å². The van der Waals surface area contributed by atoms with Crippen LogP contribution in [0.3, 0.4) is 0 Å². The molecule has 0 heterocycles. The smallest absolute Gasteiger partial charge is 0.0348 e. The fourth-order valence-corrected chi connectivity index (χ4v) is 0.697. The first-order valence-corrected chi connectivity index (χ1v) is 3.96. The molecule has 0 fully saturated rings. The third-order valence-corrected chi connectivity index (χ3v) is 1.61. The van der Waals surface area contributed by atoms with Crippen molar-refractivity contribution in [3.63, 3.8) is 0 Å². The van der Waals surface area contributed by atoms with E-state index in [0.717, 1.165) is 0 Å². The molecule has 0 aliphatic rings. The van der Waals surface area contributed by atoms with Crippen LogP contribution in [0.2, 0.25) is 0 Å². The predicted octanol–water partition coefficient (Wildman–Crippen LogP) is 3.53. The maximum absolute atomic E-state index is 2.35. The molecule has 0 saturated carbocycles. The van der Waals surface area contributed by atoms with Crippen LogP contribution in [-0.4, -0.2) is 0 Å². The third kappa shape index (κ3) is 5.61. The van der Waals surface area contributed by atoms with E-state index >= 15 is 0 Å². The lowest BCUT2D eigenvalue weighted by Crippen LogP contribution is -1.72. The summed E-state index contributed by atoms with van der Waals surface area (Å²) in [5, 5.41) is 0. The van der Waals surface area contributed by atoms with Crippen molar-refractivity contribution < 1.29 is 0 Å². The Kier molecular flexibility index (Phi) is 5.70. The monoisotopic (exact) mass is 126 g/mol. The summed E-state index contributed by atoms with van der Waals surface area (Å²) in [5.74, 6) is 0. The van der Waals surface area contributed by atoms with Crippen LogP contribution in [0.4, 0.5) is 0 Å². The maximum atomic E-state index is 2.35. The van der Waals surface area contributed by atoms with Crippen LogP contribution in [0.25, 0.3) is 0 Å². The van der Waals surface area contributed by atoms with E-state index in [1.54, 1.807) is 0 Å². The van der Waals surface area contributed by atoms with E-state index < -0.39 is 0 Å². The fraction of sp³-hybridized carbons (Fsp3) is 0.778. The second-order valence-corrected chi connectivity index (χ2v) is 2.55. The third-order valence-electron chi connectivity index (χ3n) is 1.61. The molecule has 0 rings (SSSR count). The van der Waals surface area contributed by atoms with Gasteiger partial charge in [0.15, 0.2) is 0 Å². The van der Waals surface area contributed by atoms with Gasteiger partial charge >= 0.3 is 0 Å². The Labute approximate surface area is 59.0 Å². The largest absolute Gasteiger partial charge is 0.0856 e. The van der Waals surface area contributed by atoms with Gasteiger partial charge < -0.3 is 0 Å². The molecule has 0 aliphatic heterocycles. The van der Waals surface area contributed by atoms with Gasteiger partial charge in [-0.05, 0) is 19.8 Å². The van der Waals surface area contributed by atoms with Crippen molar-refractivity contribution in [2.75, 3.05) is 0 Å². The molecule has 54 valence electrons. The van der Waals surface area contributed by atoms with Crippen molar-refractivity contribution in [2.45, 2.75) is 46.5 Å². The second-order valence-electron chi connectivity index (χ2n) is 2.55. The van der Waals surface area contributed by atoms with Gasteiger partial charge in [0, 0.05) is 0 Å². The van der Waals surface area contributed by atoms with Crippen molar-refractivity contribution in [3.05, 3.63) is 11.6 Å². The van der Waals surface area contributed by atoms with Crippen LogP contribution in [0.5, 0.6) is 0 Å². The summed E-state index contributed by atoms with van der Waals surface area (Å²) in [4.78, 5) is 0. The maximum Gasteiger partial charge on any atom is -0.0348 e. The van der Waals surface area contributed by atoms with Crippen molar-refractivity contribution in [1.82, 2.24) is 0 Å². The molecular weight excluding hydrogens is 108 g/mol. The molecule has 0 aromatic heterocycles. The van der Waals surface area contributed by atoms with Gasteiger partial charge in [0.05, 0.1) is 0 Å². The molecule has 0 aromatic rings. The average molecular weight is 126 g/mol. The van der Waals surface area contributed by atoms with Gasteiger partial charge in [-0.15, -0.1) is 0 Å². The van der Waals surface area contributed by atoms with E-state index in [0.29, 0.717) is 0 Å². The minimum atomic E-state index is 1.21. The van der Waals surface area contributed by atoms with Gasteiger partial charge in [0.2, 0.25) is 0 Å². The van der Waals surface area contributed by atoms with E-state index in [4.69, 9.17) is 0 Å². The van der Waals surface area contributed by atoms with Crippen molar-refractivity contribution in [2.24, 2.45) is 0 Å². The summed E-state index contributed by atoms with van der Waals surface area (Å²) in [6.07, 6.45) is 7.49. The topological polar surface area (TPSA) is 0 Å². The van der Waals surface area contributed by atoms with Gasteiger partial charge in [-0.25, -0.2) is 0 Å². The number of allylic oxidation sites excluding steroid dienone is 2. The average Bonchev–Trinajstić information content (AvgIpc) is 1.89. The highest BCUT2D eigenvalue weighted by molar-refractivity contribution is 4.96. The molecule has 0 N–H and O–H groups in total. The summed E-state index contributed by atoms with van der Waals surface area (Å²) in [6, 6.07) is 0.